The molecule has 0 fully saturated rings. The van der Waals surface area contributed by atoms with Crippen LogP contribution in [-0.4, -0.2) is 23.5 Å². The van der Waals surface area contributed by atoms with E-state index in [0.717, 1.165) is 12.2 Å². The molecule has 23 heavy (non-hydrogen) atoms. The SMILES string of the molecule is CC.CCNC(=O)/C=C/C(=O)NC(=S)Nc1c(Cl)cccc1Cl. The van der Waals surface area contributed by atoms with Gasteiger partial charge in [0.25, 0.3) is 0 Å². The Balaban J connectivity index is 0.00000232. The maximum Gasteiger partial charge on any atom is 0.250 e. The van der Waals surface area contributed by atoms with Crippen LogP contribution in [0.2, 0.25) is 10.0 Å². The number of likely N-dealkylation sites (N-methyl/N-ethyl adjacent to an activating group) is 1. The van der Waals surface area contributed by atoms with E-state index in [1.165, 1.54) is 0 Å². The number of benzene rings is 1. The third-order valence-corrected chi connectivity index (χ3v) is 3.01. The Morgan fingerprint density at radius 1 is 1.13 bits per heavy atom. The molecule has 0 aliphatic heterocycles. The van der Waals surface area contributed by atoms with Gasteiger partial charge in [0.05, 0.1) is 15.7 Å². The molecule has 0 aliphatic carbocycles. The van der Waals surface area contributed by atoms with E-state index in [0.29, 0.717) is 22.3 Å². The number of anilines is 1. The van der Waals surface area contributed by atoms with Crippen molar-refractivity contribution in [3.63, 3.8) is 0 Å². The fourth-order valence-electron chi connectivity index (χ4n) is 1.30. The van der Waals surface area contributed by atoms with Gasteiger partial charge in [-0.3, -0.25) is 14.9 Å². The Morgan fingerprint density at radius 2 is 1.65 bits per heavy atom. The van der Waals surface area contributed by atoms with E-state index in [-0.39, 0.29) is 11.0 Å². The predicted molar refractivity (Wildman–Crippen MR) is 100.0 cm³/mol. The second-order valence-corrected chi connectivity index (χ2v) is 4.99. The summed E-state index contributed by atoms with van der Waals surface area (Å²) in [4.78, 5) is 22.7. The lowest BCUT2D eigenvalue weighted by molar-refractivity contribution is -0.118. The van der Waals surface area contributed by atoms with E-state index >= 15 is 0 Å². The largest absolute Gasteiger partial charge is 0.353 e. The Bertz CT molecular complexity index is 572. The fourth-order valence-corrected chi connectivity index (χ4v) is 1.99. The van der Waals surface area contributed by atoms with E-state index in [2.05, 4.69) is 16.0 Å². The third-order valence-electron chi connectivity index (χ3n) is 2.18. The number of rotatable bonds is 4. The molecule has 1 aromatic rings. The summed E-state index contributed by atoms with van der Waals surface area (Å²) >= 11 is 16.9. The summed E-state index contributed by atoms with van der Waals surface area (Å²) in [6, 6.07) is 4.96. The van der Waals surface area contributed by atoms with Crippen LogP contribution in [0.5, 0.6) is 0 Å². The molecule has 0 radical (unpaired) electrons. The number of hydrogen-bond acceptors (Lipinski definition) is 3. The number of thiocarbonyl (C=S) groups is 1. The molecule has 0 unspecified atom stereocenters. The van der Waals surface area contributed by atoms with Gasteiger partial charge in [-0.25, -0.2) is 0 Å². The molecule has 0 saturated carbocycles. The average Bonchev–Trinajstić information content (AvgIpc) is 2.51. The van der Waals surface area contributed by atoms with E-state index < -0.39 is 5.91 Å². The van der Waals surface area contributed by atoms with Crippen LogP contribution in [0, 0.1) is 0 Å². The minimum absolute atomic E-state index is 0.0237. The lowest BCUT2D eigenvalue weighted by Gasteiger charge is -2.11. The van der Waals surface area contributed by atoms with Crippen LogP contribution in [0.25, 0.3) is 0 Å². The maximum atomic E-state index is 11.6. The van der Waals surface area contributed by atoms with Crippen molar-refractivity contribution in [2.24, 2.45) is 0 Å². The van der Waals surface area contributed by atoms with Crippen molar-refractivity contribution in [1.82, 2.24) is 10.6 Å². The molecule has 8 heteroatoms. The molecule has 0 spiro atoms. The van der Waals surface area contributed by atoms with Gasteiger partial charge in [0, 0.05) is 18.7 Å². The average molecular weight is 376 g/mol. The summed E-state index contributed by atoms with van der Waals surface area (Å²) in [5.41, 5.74) is 0.402. The van der Waals surface area contributed by atoms with Crippen molar-refractivity contribution in [2.45, 2.75) is 20.8 Å². The van der Waals surface area contributed by atoms with Crippen LogP contribution in [0.15, 0.2) is 30.4 Å². The van der Waals surface area contributed by atoms with Crippen LogP contribution < -0.4 is 16.0 Å². The first kappa shape index (κ1) is 21.4. The Morgan fingerprint density at radius 3 is 2.17 bits per heavy atom. The summed E-state index contributed by atoms with van der Waals surface area (Å²) in [5.74, 6) is -0.900. The summed E-state index contributed by atoms with van der Waals surface area (Å²) in [5, 5.41) is 8.39. The highest BCUT2D eigenvalue weighted by atomic mass is 35.5. The number of hydrogen-bond donors (Lipinski definition) is 3. The molecule has 1 aromatic carbocycles. The second kappa shape index (κ2) is 11.9. The Kier molecular flexibility index (Phi) is 11.0. The van der Waals surface area contributed by atoms with Crippen molar-refractivity contribution in [2.75, 3.05) is 11.9 Å². The van der Waals surface area contributed by atoms with E-state index in [9.17, 15) is 9.59 Å². The van der Waals surface area contributed by atoms with Gasteiger partial charge in [0.15, 0.2) is 5.11 Å². The lowest BCUT2D eigenvalue weighted by Crippen LogP contribution is -2.33. The molecule has 0 atom stereocenters. The van der Waals surface area contributed by atoms with Gasteiger partial charge in [-0.05, 0) is 31.3 Å². The number of halogens is 2. The first-order valence-corrected chi connectivity index (χ1v) is 8.12. The third kappa shape index (κ3) is 8.54. The minimum Gasteiger partial charge on any atom is -0.353 e. The quantitative estimate of drug-likeness (QED) is 0.556. The van der Waals surface area contributed by atoms with Crippen molar-refractivity contribution >= 4 is 58.0 Å². The van der Waals surface area contributed by atoms with Crippen LogP contribution in [-0.2, 0) is 9.59 Å². The Labute approximate surface area is 151 Å². The van der Waals surface area contributed by atoms with Crippen molar-refractivity contribution < 1.29 is 9.59 Å². The molecule has 0 saturated heterocycles. The van der Waals surface area contributed by atoms with Crippen LogP contribution in [0.3, 0.4) is 0 Å². The highest BCUT2D eigenvalue weighted by Crippen LogP contribution is 2.29. The van der Waals surface area contributed by atoms with Gasteiger partial charge >= 0.3 is 0 Å². The first-order chi connectivity index (χ1) is 10.9. The highest BCUT2D eigenvalue weighted by molar-refractivity contribution is 7.80. The van der Waals surface area contributed by atoms with E-state index in [1.54, 1.807) is 25.1 Å². The molecule has 0 heterocycles. The molecule has 0 bridgehead atoms. The zero-order chi connectivity index (χ0) is 17.8. The molecule has 3 N–H and O–H groups in total. The van der Waals surface area contributed by atoms with Gasteiger partial charge in [0.2, 0.25) is 11.8 Å². The van der Waals surface area contributed by atoms with E-state index in [4.69, 9.17) is 35.4 Å². The van der Waals surface area contributed by atoms with Crippen molar-refractivity contribution in [3.8, 4) is 0 Å². The van der Waals surface area contributed by atoms with Crippen LogP contribution in [0.4, 0.5) is 5.69 Å². The molecule has 0 aromatic heterocycles. The number of para-hydroxylation sites is 1. The van der Waals surface area contributed by atoms with Gasteiger partial charge in [-0.1, -0.05) is 43.1 Å². The predicted octanol–water partition coefficient (Wildman–Crippen LogP) is 3.52. The van der Waals surface area contributed by atoms with Gasteiger partial charge in [-0.15, -0.1) is 0 Å². The summed E-state index contributed by atoms with van der Waals surface area (Å²) in [6.07, 6.45) is 2.19. The number of amides is 2. The Hall–Kier alpha value is -1.63. The normalized spacial score (nSPS) is 9.61. The van der Waals surface area contributed by atoms with Crippen molar-refractivity contribution in [1.29, 1.82) is 0 Å². The summed E-state index contributed by atoms with van der Waals surface area (Å²) < 4.78 is 0. The van der Waals surface area contributed by atoms with E-state index in [1.807, 2.05) is 13.8 Å². The van der Waals surface area contributed by atoms with Gasteiger partial charge in [0.1, 0.15) is 0 Å². The van der Waals surface area contributed by atoms with Gasteiger partial charge in [-0.2, -0.15) is 0 Å². The highest BCUT2D eigenvalue weighted by Gasteiger charge is 2.08. The molecule has 5 nitrogen and oxygen atoms in total. The molecule has 1 rings (SSSR count). The maximum absolute atomic E-state index is 11.6. The first-order valence-electron chi connectivity index (χ1n) is 6.96. The summed E-state index contributed by atoms with van der Waals surface area (Å²) in [6.45, 7) is 6.26. The van der Waals surface area contributed by atoms with Crippen LogP contribution >= 0.6 is 35.4 Å². The van der Waals surface area contributed by atoms with Crippen molar-refractivity contribution in [3.05, 3.63) is 40.4 Å². The molecule has 0 aliphatic rings. The second-order valence-electron chi connectivity index (χ2n) is 3.77. The topological polar surface area (TPSA) is 70.2 Å². The number of carbonyl (C=O) groups excluding carboxylic acids is 2. The molecule has 2 amide bonds. The molecular formula is C15H19Cl2N3O2S. The minimum atomic E-state index is -0.540. The fraction of sp³-hybridized carbons (Fsp3) is 0.267. The zero-order valence-electron chi connectivity index (χ0n) is 13.1. The number of nitrogens with one attached hydrogen (secondary N) is 3. The van der Waals surface area contributed by atoms with Crippen LogP contribution in [0.1, 0.15) is 20.8 Å². The summed E-state index contributed by atoms with van der Waals surface area (Å²) in [7, 11) is 0. The monoisotopic (exact) mass is 375 g/mol. The number of carbonyl (C=O) groups is 2. The molecule has 126 valence electrons. The smallest absolute Gasteiger partial charge is 0.250 e. The molecular weight excluding hydrogens is 357 g/mol. The standard InChI is InChI=1S/C13H13Cl2N3O2S.C2H6/c1-2-16-10(19)6-7-11(20)17-13(21)18-12-8(14)4-3-5-9(12)15;1-2/h3-7H,2H2,1H3,(H,16,19)(H2,17,18,20,21);1-2H3/b7-6+;. The van der Waals surface area contributed by atoms with Gasteiger partial charge < -0.3 is 10.6 Å². The lowest BCUT2D eigenvalue weighted by atomic mass is 10.3. The zero-order valence-corrected chi connectivity index (χ0v) is 15.4.